The molecule has 15 atom stereocenters. The van der Waals surface area contributed by atoms with Crippen LogP contribution in [0.1, 0.15) is 92.4 Å². The molecule has 0 aliphatic carbocycles. The van der Waals surface area contributed by atoms with Crippen molar-refractivity contribution in [3.63, 3.8) is 0 Å². The summed E-state index contributed by atoms with van der Waals surface area (Å²) in [4.78, 5) is 65.1. The van der Waals surface area contributed by atoms with Gasteiger partial charge in [-0.1, -0.05) is 20.8 Å². The van der Waals surface area contributed by atoms with E-state index in [1.54, 1.807) is 20.8 Å². The lowest BCUT2D eigenvalue weighted by molar-refractivity contribution is -0.282. The van der Waals surface area contributed by atoms with Gasteiger partial charge in [0.15, 0.2) is 18.9 Å². The van der Waals surface area contributed by atoms with E-state index in [1.807, 2.05) is 13.8 Å². The summed E-state index contributed by atoms with van der Waals surface area (Å²) in [6.07, 6.45) is -11.6. The summed E-state index contributed by atoms with van der Waals surface area (Å²) in [5.74, 6) is -3.84. The molecule has 6 unspecified atom stereocenters. The van der Waals surface area contributed by atoms with Gasteiger partial charge in [-0.25, -0.2) is 0 Å². The number of carbonyl (C=O) groups excluding carboxylic acids is 5. The van der Waals surface area contributed by atoms with Crippen molar-refractivity contribution in [3.05, 3.63) is 0 Å². The van der Waals surface area contributed by atoms with Crippen molar-refractivity contribution >= 4 is 29.5 Å². The van der Waals surface area contributed by atoms with Gasteiger partial charge in [0.1, 0.15) is 48.8 Å². The van der Waals surface area contributed by atoms with E-state index >= 15 is 0 Å². The first-order chi connectivity index (χ1) is 39.2. The van der Waals surface area contributed by atoms with Crippen LogP contribution in [0, 0.1) is 17.8 Å². The van der Waals surface area contributed by atoms with Crippen molar-refractivity contribution in [3.8, 4) is 0 Å². The molecule has 0 saturated carbocycles. The van der Waals surface area contributed by atoms with Crippen molar-refractivity contribution in [1.29, 1.82) is 0 Å². The van der Waals surface area contributed by atoms with Crippen LogP contribution in [0.25, 0.3) is 0 Å². The molecule has 3 saturated heterocycles. The molecule has 478 valence electrons. The topological polar surface area (TPSA) is 420 Å². The minimum Gasteiger partial charge on any atom is -0.394 e. The smallest absolute Gasteiger partial charge is 0.246 e. The molecule has 3 fully saturated rings. The maximum absolute atomic E-state index is 13.7. The first-order valence-corrected chi connectivity index (χ1v) is 28.6. The second-order valence-electron chi connectivity index (χ2n) is 21.3. The van der Waals surface area contributed by atoms with Gasteiger partial charge < -0.3 is 120 Å². The van der Waals surface area contributed by atoms with Crippen LogP contribution in [-0.4, -0.2) is 273 Å². The van der Waals surface area contributed by atoms with Crippen LogP contribution in [0.3, 0.4) is 0 Å². The van der Waals surface area contributed by atoms with Gasteiger partial charge in [0, 0.05) is 76.2 Å². The SMILES string of the molecule is CC(C)OCCCNC(=O)CCCC(=O)NC(COCCC(=O)NCCCO[C@@H]1OC(CO)[C@H](O)[C@H](O)C1C)(COCCC(=O)NCCCO[C@@H]1OC(CO)[C@H](O)[C@H](O)C1C)COCC(=O)NCCCO[C@@H]1OC(CO)[C@H](O)[C@H](O)C1C. The summed E-state index contributed by atoms with van der Waals surface area (Å²) < 4.78 is 57.3. The fraction of sp³-hybridized carbons (Fsp3) is 0.906. The Labute approximate surface area is 480 Å². The highest BCUT2D eigenvalue weighted by Crippen LogP contribution is 2.29. The normalized spacial score (nSPS) is 29.2. The Balaban J connectivity index is 1.61. The quantitative estimate of drug-likeness (QED) is 0.0257. The van der Waals surface area contributed by atoms with Gasteiger partial charge in [0.2, 0.25) is 29.5 Å². The Morgan fingerprint density at radius 3 is 1.16 bits per heavy atom. The van der Waals surface area contributed by atoms with Gasteiger partial charge in [0.05, 0.1) is 97.1 Å². The minimum atomic E-state index is -1.51. The molecule has 0 aromatic heterocycles. The Morgan fingerprint density at radius 2 is 0.780 bits per heavy atom. The number of carbonyl (C=O) groups is 5. The highest BCUT2D eigenvalue weighted by Gasteiger charge is 2.45. The Hall–Kier alpha value is -3.41. The number of rotatable bonds is 42. The zero-order chi connectivity index (χ0) is 60.6. The summed E-state index contributed by atoms with van der Waals surface area (Å²) in [6, 6.07) is 0. The highest BCUT2D eigenvalue weighted by molar-refractivity contribution is 5.79. The van der Waals surface area contributed by atoms with E-state index < -0.39 is 135 Å². The monoisotopic (exact) mass is 1190 g/mol. The summed E-state index contributed by atoms with van der Waals surface area (Å²) in [6.45, 7) is 7.17. The average Bonchev–Trinajstić information content (AvgIpc) is 3.49. The molecule has 0 aromatic rings. The molecule has 3 aliphatic rings. The lowest BCUT2D eigenvalue weighted by Crippen LogP contribution is -2.59. The standard InChI is InChI=1S/C53H97N5O24/c1-32(2)76-19-7-15-54-39(62)11-6-12-42(65)58-53(31-75-28-43(66)57-18-10-22-79-52-35(5)46(69)49(72)38(27-61)82-52,29-73-23-13-40(63)55-16-8-20-77-50-33(3)44(67)47(70)36(25-59)80-50)30-74-24-14-41(64)56-17-9-21-78-51-34(4)45(68)48(71)37(26-60)81-51/h32-38,44-52,59-61,67-72H,6-31H2,1-5H3,(H,54,62)(H,55,63)(H,56,64)(H,57,66)(H,58,65)/t33?,34?,35?,36?,37?,38?,44-,45-,46-,47+,48+,49+,50-,51-,52-,53?/m1/s1. The lowest BCUT2D eigenvalue weighted by Gasteiger charge is -2.40. The molecule has 0 spiro atoms. The van der Waals surface area contributed by atoms with Crippen LogP contribution in [-0.2, 0) is 71.3 Å². The first kappa shape index (κ1) is 72.8. The van der Waals surface area contributed by atoms with Crippen molar-refractivity contribution < 1.29 is 117 Å². The van der Waals surface area contributed by atoms with Crippen LogP contribution >= 0.6 is 0 Å². The van der Waals surface area contributed by atoms with Crippen LogP contribution in [0.4, 0.5) is 0 Å². The predicted octanol–water partition coefficient (Wildman–Crippen LogP) is -4.43. The predicted molar refractivity (Wildman–Crippen MR) is 287 cm³/mol. The maximum atomic E-state index is 13.7. The molecule has 0 aromatic carbocycles. The fourth-order valence-corrected chi connectivity index (χ4v) is 8.87. The summed E-state index contributed by atoms with van der Waals surface area (Å²) in [7, 11) is 0. The van der Waals surface area contributed by atoms with Gasteiger partial charge in [-0.15, -0.1) is 0 Å². The molecule has 3 aliphatic heterocycles. The first-order valence-electron chi connectivity index (χ1n) is 28.6. The van der Waals surface area contributed by atoms with Gasteiger partial charge in [-0.05, 0) is 46.0 Å². The third kappa shape index (κ3) is 26.5. The highest BCUT2D eigenvalue weighted by atomic mass is 16.7. The molecule has 0 radical (unpaired) electrons. The van der Waals surface area contributed by atoms with E-state index in [2.05, 4.69) is 26.6 Å². The molecule has 5 amide bonds. The van der Waals surface area contributed by atoms with Crippen LogP contribution in [0.5, 0.6) is 0 Å². The van der Waals surface area contributed by atoms with Gasteiger partial charge in [0.25, 0.3) is 0 Å². The van der Waals surface area contributed by atoms with Gasteiger partial charge in [-0.2, -0.15) is 0 Å². The second kappa shape index (κ2) is 40.1. The number of hydrogen-bond acceptors (Lipinski definition) is 24. The second-order valence-corrected chi connectivity index (χ2v) is 21.3. The van der Waals surface area contributed by atoms with Crippen LogP contribution < -0.4 is 26.6 Å². The molecule has 3 heterocycles. The maximum Gasteiger partial charge on any atom is 0.246 e. The Kier molecular flexibility index (Phi) is 35.6. The zero-order valence-electron chi connectivity index (χ0n) is 48.3. The minimum absolute atomic E-state index is 0.0411. The zero-order valence-corrected chi connectivity index (χ0v) is 48.3. The lowest BCUT2D eigenvalue weighted by atomic mass is 9.92. The van der Waals surface area contributed by atoms with Crippen molar-refractivity contribution in [2.24, 2.45) is 17.8 Å². The van der Waals surface area contributed by atoms with E-state index in [0.717, 1.165) is 0 Å². The van der Waals surface area contributed by atoms with Gasteiger partial charge >= 0.3 is 0 Å². The van der Waals surface area contributed by atoms with E-state index in [-0.39, 0.29) is 128 Å². The number of hydrogen-bond donors (Lipinski definition) is 14. The largest absolute Gasteiger partial charge is 0.394 e. The Morgan fingerprint density at radius 1 is 0.439 bits per heavy atom. The van der Waals surface area contributed by atoms with E-state index in [1.165, 1.54) is 0 Å². The number of aliphatic hydroxyl groups excluding tert-OH is 9. The van der Waals surface area contributed by atoms with E-state index in [0.29, 0.717) is 38.8 Å². The van der Waals surface area contributed by atoms with Gasteiger partial charge in [-0.3, -0.25) is 24.0 Å². The molecule has 3 rings (SSSR count). The van der Waals surface area contributed by atoms with E-state index in [4.69, 9.17) is 47.4 Å². The molecule has 29 heteroatoms. The van der Waals surface area contributed by atoms with Crippen LogP contribution in [0.15, 0.2) is 0 Å². The fourth-order valence-electron chi connectivity index (χ4n) is 8.87. The van der Waals surface area contributed by atoms with E-state index in [9.17, 15) is 69.9 Å². The molecule has 82 heavy (non-hydrogen) atoms. The summed E-state index contributed by atoms with van der Waals surface area (Å²) in [5.41, 5.74) is -1.51. The molecular weight excluding hydrogens is 1090 g/mol. The molecule has 14 N–H and O–H groups in total. The molecule has 0 bridgehead atoms. The van der Waals surface area contributed by atoms with Crippen molar-refractivity contribution in [1.82, 2.24) is 26.6 Å². The summed E-state index contributed by atoms with van der Waals surface area (Å²) >= 11 is 0. The molecule has 29 nitrogen and oxygen atoms in total. The summed E-state index contributed by atoms with van der Waals surface area (Å²) in [5, 5.41) is 104. The average molecular weight is 1190 g/mol. The van der Waals surface area contributed by atoms with Crippen LogP contribution in [0.2, 0.25) is 0 Å². The Bertz CT molecular complexity index is 1740. The van der Waals surface area contributed by atoms with Crippen molar-refractivity contribution in [2.75, 3.05) is 112 Å². The number of ether oxygens (including phenoxy) is 10. The number of nitrogens with one attached hydrogen (secondary N) is 5. The van der Waals surface area contributed by atoms with Crippen molar-refractivity contribution in [2.45, 2.75) is 178 Å². The third-order valence-electron chi connectivity index (χ3n) is 14.0. The third-order valence-corrected chi connectivity index (χ3v) is 14.0. The molecular formula is C53H97N5O24. The number of amides is 5. The number of aliphatic hydroxyl groups is 9.